The number of nitrogen functional groups attached to an aromatic ring is 1. The Morgan fingerprint density at radius 2 is 2.11 bits per heavy atom. The van der Waals surface area contributed by atoms with Crippen LogP contribution < -0.4 is 5.73 Å². The first-order valence-corrected chi connectivity index (χ1v) is 7.11. The third kappa shape index (κ3) is 2.31. The first kappa shape index (κ1) is 12.1. The second-order valence-electron chi connectivity index (χ2n) is 4.39. The van der Waals surface area contributed by atoms with Gasteiger partial charge in [-0.3, -0.25) is 0 Å². The first-order valence-electron chi connectivity index (χ1n) is 6.30. The van der Waals surface area contributed by atoms with Crippen molar-refractivity contribution < 1.29 is 0 Å². The Bertz CT molecular complexity index is 700. The van der Waals surface area contributed by atoms with Gasteiger partial charge in [-0.15, -0.1) is 10.2 Å². The fourth-order valence-electron chi connectivity index (χ4n) is 2.18. The lowest BCUT2D eigenvalue weighted by Gasteiger charge is -2.05. The maximum atomic E-state index is 5.64. The molecule has 0 fully saturated rings. The van der Waals surface area contributed by atoms with Crippen LogP contribution >= 0.6 is 11.3 Å². The number of aryl methyl sites for hydroxylation is 1. The van der Waals surface area contributed by atoms with Crippen molar-refractivity contribution in [2.24, 2.45) is 0 Å². The van der Waals surface area contributed by atoms with Crippen molar-refractivity contribution in [3.05, 3.63) is 35.1 Å². The normalized spacial score (nSPS) is 11.2. The van der Waals surface area contributed by atoms with Gasteiger partial charge in [0.2, 0.25) is 5.13 Å². The molecule has 1 aromatic carbocycles. The Hall–Kier alpha value is -1.95. The van der Waals surface area contributed by atoms with E-state index in [-0.39, 0.29) is 0 Å². The number of nitrogens with zero attached hydrogens (tertiary/aromatic N) is 4. The number of para-hydroxylation sites is 2. The van der Waals surface area contributed by atoms with Crippen LogP contribution in [0.4, 0.5) is 5.13 Å². The predicted molar refractivity (Wildman–Crippen MR) is 77.2 cm³/mol. The molecule has 3 rings (SSSR count). The van der Waals surface area contributed by atoms with E-state index in [0.717, 1.165) is 34.7 Å². The lowest BCUT2D eigenvalue weighted by atomic mass is 10.3. The molecule has 0 radical (unpaired) electrons. The zero-order valence-corrected chi connectivity index (χ0v) is 11.5. The summed E-state index contributed by atoms with van der Waals surface area (Å²) in [4.78, 5) is 4.69. The van der Waals surface area contributed by atoms with Crippen LogP contribution in [-0.4, -0.2) is 19.7 Å². The van der Waals surface area contributed by atoms with E-state index in [9.17, 15) is 0 Å². The van der Waals surface area contributed by atoms with Gasteiger partial charge in [0.1, 0.15) is 10.8 Å². The third-order valence-corrected chi connectivity index (χ3v) is 3.72. The number of hydrogen-bond acceptors (Lipinski definition) is 5. The van der Waals surface area contributed by atoms with Gasteiger partial charge in [-0.2, -0.15) is 0 Å². The number of rotatable bonds is 4. The van der Waals surface area contributed by atoms with E-state index in [2.05, 4.69) is 27.8 Å². The van der Waals surface area contributed by atoms with Gasteiger partial charge in [-0.25, -0.2) is 4.98 Å². The molecular formula is C13H15N5S. The highest BCUT2D eigenvalue weighted by atomic mass is 32.1. The van der Waals surface area contributed by atoms with E-state index in [1.807, 2.05) is 18.2 Å². The van der Waals surface area contributed by atoms with Crippen LogP contribution in [0.2, 0.25) is 0 Å². The summed E-state index contributed by atoms with van der Waals surface area (Å²) in [6.07, 6.45) is 2.03. The largest absolute Gasteiger partial charge is 0.374 e. The summed E-state index contributed by atoms with van der Waals surface area (Å²) in [5.41, 5.74) is 7.81. The molecule has 2 aromatic heterocycles. The number of hydrogen-bond donors (Lipinski definition) is 1. The summed E-state index contributed by atoms with van der Waals surface area (Å²) in [5, 5.41) is 9.38. The van der Waals surface area contributed by atoms with Gasteiger partial charge in [0.15, 0.2) is 0 Å². The van der Waals surface area contributed by atoms with Gasteiger partial charge >= 0.3 is 0 Å². The summed E-state index contributed by atoms with van der Waals surface area (Å²) < 4.78 is 2.21. The summed E-state index contributed by atoms with van der Waals surface area (Å²) in [5.74, 6) is 1.09. The number of fused-ring (bicyclic) bond motifs is 1. The second-order valence-corrected chi connectivity index (χ2v) is 5.48. The molecule has 6 heteroatoms. The molecule has 0 bridgehead atoms. The minimum absolute atomic E-state index is 0.511. The number of nitrogens with two attached hydrogens (primary N) is 1. The Balaban J connectivity index is 2.06. The molecule has 0 atom stereocenters. The van der Waals surface area contributed by atoms with E-state index in [4.69, 9.17) is 10.7 Å². The molecule has 3 aromatic rings. The van der Waals surface area contributed by atoms with Crippen LogP contribution in [0.25, 0.3) is 11.0 Å². The Morgan fingerprint density at radius 1 is 1.26 bits per heavy atom. The number of benzene rings is 1. The molecule has 0 saturated heterocycles. The van der Waals surface area contributed by atoms with Gasteiger partial charge in [-0.05, 0) is 18.6 Å². The predicted octanol–water partition coefficient (Wildman–Crippen LogP) is 2.47. The minimum atomic E-state index is 0.511. The van der Waals surface area contributed by atoms with Crippen molar-refractivity contribution in [1.82, 2.24) is 19.7 Å². The standard InChI is InChI=1S/C13H15N5S/c1-2-5-11-15-9-6-3-4-7-10(9)18(11)8-12-16-17-13(14)19-12/h3-4,6-7H,2,5,8H2,1H3,(H2,14,17). The topological polar surface area (TPSA) is 69.6 Å². The summed E-state index contributed by atoms with van der Waals surface area (Å²) in [6.45, 7) is 2.84. The molecule has 0 aliphatic rings. The van der Waals surface area contributed by atoms with Gasteiger partial charge in [0.05, 0.1) is 17.6 Å². The highest BCUT2D eigenvalue weighted by molar-refractivity contribution is 7.15. The van der Waals surface area contributed by atoms with Gasteiger partial charge in [0.25, 0.3) is 0 Å². The number of aromatic nitrogens is 4. The second kappa shape index (κ2) is 4.97. The molecule has 0 spiro atoms. The van der Waals surface area contributed by atoms with Crippen LogP contribution in [0.3, 0.4) is 0 Å². The Morgan fingerprint density at radius 3 is 2.84 bits per heavy atom. The zero-order chi connectivity index (χ0) is 13.2. The van der Waals surface area contributed by atoms with Crippen molar-refractivity contribution in [3.8, 4) is 0 Å². The lowest BCUT2D eigenvalue weighted by Crippen LogP contribution is -2.05. The highest BCUT2D eigenvalue weighted by Crippen LogP contribution is 2.20. The molecule has 0 saturated carbocycles. The van der Waals surface area contributed by atoms with Crippen LogP contribution in [-0.2, 0) is 13.0 Å². The van der Waals surface area contributed by atoms with Crippen molar-refractivity contribution in [1.29, 1.82) is 0 Å². The quantitative estimate of drug-likeness (QED) is 0.792. The maximum absolute atomic E-state index is 5.64. The van der Waals surface area contributed by atoms with Crippen molar-refractivity contribution in [2.45, 2.75) is 26.3 Å². The van der Waals surface area contributed by atoms with E-state index >= 15 is 0 Å². The fourth-order valence-corrected chi connectivity index (χ4v) is 2.78. The average molecular weight is 273 g/mol. The van der Waals surface area contributed by atoms with E-state index < -0.39 is 0 Å². The summed E-state index contributed by atoms with van der Waals surface area (Å²) in [7, 11) is 0. The fraction of sp³-hybridized carbons (Fsp3) is 0.308. The average Bonchev–Trinajstić information content (AvgIpc) is 2.96. The Labute approximate surface area is 115 Å². The van der Waals surface area contributed by atoms with Gasteiger partial charge in [0, 0.05) is 6.42 Å². The minimum Gasteiger partial charge on any atom is -0.374 e. The van der Waals surface area contributed by atoms with Gasteiger partial charge < -0.3 is 10.3 Å². The highest BCUT2D eigenvalue weighted by Gasteiger charge is 2.12. The van der Waals surface area contributed by atoms with Crippen molar-refractivity contribution >= 4 is 27.5 Å². The first-order chi connectivity index (χ1) is 9.28. The summed E-state index contributed by atoms with van der Waals surface area (Å²) >= 11 is 1.43. The van der Waals surface area contributed by atoms with Crippen molar-refractivity contribution in [3.63, 3.8) is 0 Å². The van der Waals surface area contributed by atoms with Gasteiger partial charge in [-0.1, -0.05) is 30.4 Å². The zero-order valence-electron chi connectivity index (χ0n) is 10.7. The lowest BCUT2D eigenvalue weighted by molar-refractivity contribution is 0.713. The molecule has 5 nitrogen and oxygen atoms in total. The number of imidazole rings is 1. The molecule has 0 amide bonds. The molecule has 98 valence electrons. The smallest absolute Gasteiger partial charge is 0.203 e. The monoisotopic (exact) mass is 273 g/mol. The molecule has 0 aliphatic heterocycles. The van der Waals surface area contributed by atoms with E-state index in [1.165, 1.54) is 11.3 Å². The third-order valence-electron chi connectivity index (χ3n) is 2.98. The van der Waals surface area contributed by atoms with Crippen molar-refractivity contribution in [2.75, 3.05) is 5.73 Å². The summed E-state index contributed by atoms with van der Waals surface area (Å²) in [6, 6.07) is 8.17. The maximum Gasteiger partial charge on any atom is 0.203 e. The molecule has 2 N–H and O–H groups in total. The van der Waals surface area contributed by atoms with Crippen LogP contribution in [0.1, 0.15) is 24.2 Å². The van der Waals surface area contributed by atoms with Crippen LogP contribution in [0.5, 0.6) is 0 Å². The SMILES string of the molecule is CCCc1nc2ccccc2n1Cc1nnc(N)s1. The van der Waals surface area contributed by atoms with Crippen LogP contribution in [0.15, 0.2) is 24.3 Å². The Kier molecular flexibility index (Phi) is 3.16. The van der Waals surface area contributed by atoms with E-state index in [0.29, 0.717) is 11.7 Å². The molecular weight excluding hydrogens is 258 g/mol. The molecule has 19 heavy (non-hydrogen) atoms. The van der Waals surface area contributed by atoms with E-state index in [1.54, 1.807) is 0 Å². The molecule has 0 aliphatic carbocycles. The number of anilines is 1. The van der Waals surface area contributed by atoms with Crippen LogP contribution in [0, 0.1) is 0 Å². The molecule has 0 unspecified atom stereocenters. The molecule has 2 heterocycles.